The van der Waals surface area contributed by atoms with Gasteiger partial charge in [-0.05, 0) is 49.2 Å². The molecule has 0 unspecified atom stereocenters. The highest BCUT2D eigenvalue weighted by molar-refractivity contribution is 6.02. The molecular weight excluding hydrogens is 427 g/mol. The molecule has 1 heterocycles. The van der Waals surface area contributed by atoms with Gasteiger partial charge in [-0.2, -0.15) is 0 Å². The zero-order chi connectivity index (χ0) is 24.0. The second kappa shape index (κ2) is 11.1. The number of nitrogens with one attached hydrogen (secondary N) is 3. The first-order valence-electron chi connectivity index (χ1n) is 10.9. The van der Waals surface area contributed by atoms with Crippen molar-refractivity contribution in [2.75, 3.05) is 44.5 Å². The van der Waals surface area contributed by atoms with Gasteiger partial charge in [-0.25, -0.2) is 9.18 Å². The third-order valence-corrected chi connectivity index (χ3v) is 5.57. The monoisotopic (exact) mass is 458 g/mol. The van der Waals surface area contributed by atoms with Crippen molar-refractivity contribution in [3.8, 4) is 5.75 Å². The third-order valence-electron chi connectivity index (χ3n) is 5.57. The van der Waals surface area contributed by atoms with E-state index >= 15 is 0 Å². The quantitative estimate of drug-likeness (QED) is 0.654. The molecule has 0 fully saturated rings. The number of benzene rings is 2. The van der Waals surface area contributed by atoms with Gasteiger partial charge in [0.1, 0.15) is 18.2 Å². The minimum absolute atomic E-state index is 0.0694. The van der Waals surface area contributed by atoms with Crippen LogP contribution in [0.3, 0.4) is 0 Å². The van der Waals surface area contributed by atoms with E-state index in [1.54, 1.807) is 43.3 Å². The Morgan fingerprint density at radius 2 is 1.91 bits per heavy atom. The second-order valence-corrected chi connectivity index (χ2v) is 8.36. The summed E-state index contributed by atoms with van der Waals surface area (Å²) in [6.45, 7) is 5.61. The molecule has 1 aliphatic heterocycles. The van der Waals surface area contributed by atoms with E-state index in [2.05, 4.69) is 22.9 Å². The number of hydrogen-bond donors (Lipinski definition) is 3. The average molecular weight is 459 g/mol. The van der Waals surface area contributed by atoms with Crippen LogP contribution in [0.2, 0.25) is 0 Å². The highest BCUT2D eigenvalue weighted by atomic mass is 19.1. The van der Waals surface area contributed by atoms with Crippen LogP contribution in [0.15, 0.2) is 42.5 Å². The number of rotatable bonds is 3. The van der Waals surface area contributed by atoms with Gasteiger partial charge in [0.25, 0.3) is 5.91 Å². The van der Waals surface area contributed by atoms with Crippen molar-refractivity contribution in [3.05, 3.63) is 53.8 Å². The Hall–Kier alpha value is -3.17. The maximum atomic E-state index is 13.4. The van der Waals surface area contributed by atoms with Crippen LogP contribution in [-0.4, -0.2) is 62.8 Å². The van der Waals surface area contributed by atoms with E-state index < -0.39 is 11.8 Å². The Kier molecular flexibility index (Phi) is 8.24. The van der Waals surface area contributed by atoms with E-state index in [4.69, 9.17) is 9.47 Å². The van der Waals surface area contributed by atoms with Gasteiger partial charge in [0.2, 0.25) is 0 Å². The summed E-state index contributed by atoms with van der Waals surface area (Å²) in [5, 5.41) is 8.69. The van der Waals surface area contributed by atoms with E-state index in [0.29, 0.717) is 35.8 Å². The molecule has 0 saturated heterocycles. The number of hydrogen-bond acceptors (Lipinski definition) is 5. The number of nitrogens with zero attached hydrogens (tertiary/aromatic N) is 1. The van der Waals surface area contributed by atoms with Gasteiger partial charge in [-0.3, -0.25) is 4.79 Å². The number of carbonyl (C=O) groups is 2. The zero-order valence-corrected chi connectivity index (χ0v) is 19.4. The van der Waals surface area contributed by atoms with Gasteiger partial charge < -0.3 is 30.3 Å². The standard InChI is InChI=1S/C24H31FN4O4/c1-15-12-26-16(2)14-33-21-9-8-19(11-20(21)23(30)29(3)13-22(15)32-4)28-24(31)27-18-7-5-6-17(25)10-18/h5-11,15-16,22,26H,12-14H2,1-4H3,(H2,27,28,31)/t15-,16-,22+/m1/s1. The van der Waals surface area contributed by atoms with Crippen molar-refractivity contribution in [2.45, 2.75) is 26.0 Å². The molecule has 0 aromatic heterocycles. The summed E-state index contributed by atoms with van der Waals surface area (Å²) >= 11 is 0. The first-order valence-corrected chi connectivity index (χ1v) is 10.9. The smallest absolute Gasteiger partial charge is 0.323 e. The summed E-state index contributed by atoms with van der Waals surface area (Å²) in [6.07, 6.45) is -0.138. The predicted molar refractivity (Wildman–Crippen MR) is 125 cm³/mol. The molecule has 3 N–H and O–H groups in total. The maximum Gasteiger partial charge on any atom is 0.323 e. The van der Waals surface area contributed by atoms with Crippen LogP contribution in [-0.2, 0) is 4.74 Å². The van der Waals surface area contributed by atoms with Crippen molar-refractivity contribution in [3.63, 3.8) is 0 Å². The van der Waals surface area contributed by atoms with Crippen LogP contribution in [0.1, 0.15) is 24.2 Å². The first kappa shape index (κ1) is 24.5. The van der Waals surface area contributed by atoms with E-state index in [9.17, 15) is 14.0 Å². The summed E-state index contributed by atoms with van der Waals surface area (Å²) in [4.78, 5) is 27.2. The van der Waals surface area contributed by atoms with Crippen LogP contribution in [0, 0.1) is 11.7 Å². The molecule has 0 aliphatic carbocycles. The summed E-state index contributed by atoms with van der Waals surface area (Å²) in [7, 11) is 3.36. The maximum absolute atomic E-state index is 13.4. The Morgan fingerprint density at radius 1 is 1.18 bits per heavy atom. The van der Waals surface area contributed by atoms with Gasteiger partial charge in [-0.15, -0.1) is 0 Å². The highest BCUT2D eigenvalue weighted by Gasteiger charge is 2.25. The lowest BCUT2D eigenvalue weighted by Crippen LogP contribution is -2.44. The van der Waals surface area contributed by atoms with Crippen molar-refractivity contribution < 1.29 is 23.5 Å². The summed E-state index contributed by atoms with van der Waals surface area (Å²) in [6, 6.07) is 10.00. The van der Waals surface area contributed by atoms with Crippen LogP contribution >= 0.6 is 0 Å². The molecule has 1 aliphatic rings. The molecule has 0 saturated carbocycles. The zero-order valence-electron chi connectivity index (χ0n) is 19.4. The van der Waals surface area contributed by atoms with Crippen molar-refractivity contribution in [1.29, 1.82) is 0 Å². The lowest BCUT2D eigenvalue weighted by Gasteiger charge is -2.30. The van der Waals surface area contributed by atoms with Crippen molar-refractivity contribution >= 4 is 23.3 Å². The van der Waals surface area contributed by atoms with Crippen LogP contribution in [0.4, 0.5) is 20.6 Å². The SMILES string of the molecule is CO[C@H]1CN(C)C(=O)c2cc(NC(=O)Nc3cccc(F)c3)ccc2OC[C@@H](C)NC[C@H]1C. The fourth-order valence-corrected chi connectivity index (χ4v) is 3.60. The number of anilines is 2. The summed E-state index contributed by atoms with van der Waals surface area (Å²) in [5.41, 5.74) is 1.05. The number of methoxy groups -OCH3 is 1. The molecule has 9 heteroatoms. The second-order valence-electron chi connectivity index (χ2n) is 8.36. The first-order chi connectivity index (χ1) is 15.8. The minimum atomic E-state index is -0.554. The molecule has 0 bridgehead atoms. The topological polar surface area (TPSA) is 91.9 Å². The minimum Gasteiger partial charge on any atom is -0.491 e. The number of urea groups is 1. The van der Waals surface area contributed by atoms with E-state index in [1.165, 1.54) is 18.2 Å². The summed E-state index contributed by atoms with van der Waals surface area (Å²) in [5.74, 6) is -0.0781. The number of likely N-dealkylation sites (N-methyl/N-ethyl adjacent to an activating group) is 1. The normalized spacial score (nSPS) is 21.8. The van der Waals surface area contributed by atoms with Crippen LogP contribution in [0.25, 0.3) is 0 Å². The Labute approximate surface area is 193 Å². The number of ether oxygens (including phenoxy) is 2. The number of halogens is 1. The summed E-state index contributed by atoms with van der Waals surface area (Å²) < 4.78 is 24.9. The third kappa shape index (κ3) is 6.66. The van der Waals surface area contributed by atoms with Crippen LogP contribution < -0.4 is 20.7 Å². The van der Waals surface area contributed by atoms with Gasteiger partial charge in [0.15, 0.2) is 0 Å². The number of amides is 3. The molecule has 2 aromatic rings. The van der Waals surface area contributed by atoms with Gasteiger partial charge in [0, 0.05) is 44.7 Å². The Balaban J connectivity index is 1.82. The van der Waals surface area contributed by atoms with Crippen LogP contribution in [0.5, 0.6) is 5.75 Å². The molecule has 0 radical (unpaired) electrons. The highest BCUT2D eigenvalue weighted by Crippen LogP contribution is 2.26. The molecule has 0 spiro atoms. The van der Waals surface area contributed by atoms with Crippen molar-refractivity contribution in [1.82, 2.24) is 10.2 Å². The Morgan fingerprint density at radius 3 is 2.61 bits per heavy atom. The van der Waals surface area contributed by atoms with Gasteiger partial charge in [0.05, 0.1) is 11.7 Å². The molecule has 33 heavy (non-hydrogen) atoms. The molecule has 3 rings (SSSR count). The molecule has 178 valence electrons. The lowest BCUT2D eigenvalue weighted by molar-refractivity contribution is 0.0281. The van der Waals surface area contributed by atoms with Gasteiger partial charge in [-0.1, -0.05) is 13.0 Å². The number of carbonyl (C=O) groups excluding carboxylic acids is 2. The molecule has 2 aromatic carbocycles. The fourth-order valence-electron chi connectivity index (χ4n) is 3.60. The van der Waals surface area contributed by atoms with Crippen molar-refractivity contribution in [2.24, 2.45) is 5.92 Å². The van der Waals surface area contributed by atoms with Gasteiger partial charge >= 0.3 is 6.03 Å². The molecular formula is C24H31FN4O4. The van der Waals surface area contributed by atoms with E-state index in [-0.39, 0.29) is 24.0 Å². The molecule has 3 amide bonds. The predicted octanol–water partition coefficient (Wildman–Crippen LogP) is 3.56. The van der Waals surface area contributed by atoms with E-state index in [1.807, 2.05) is 6.92 Å². The molecule has 8 nitrogen and oxygen atoms in total. The van der Waals surface area contributed by atoms with E-state index in [0.717, 1.165) is 6.54 Å². The fraction of sp³-hybridized carbons (Fsp3) is 0.417. The largest absolute Gasteiger partial charge is 0.491 e. The number of fused-ring (bicyclic) bond motifs is 1. The Bertz CT molecular complexity index is 987. The average Bonchev–Trinajstić information content (AvgIpc) is 2.78. The molecule has 3 atom stereocenters. The lowest BCUT2D eigenvalue weighted by atomic mass is 10.0.